The van der Waals surface area contributed by atoms with Gasteiger partial charge in [-0.1, -0.05) is 0 Å². The van der Waals surface area contributed by atoms with Gasteiger partial charge < -0.3 is 20.9 Å². The van der Waals surface area contributed by atoms with E-state index in [1.54, 1.807) is 13.0 Å². The third kappa shape index (κ3) is 5.01. The Balaban J connectivity index is 2.00. The number of nitrogens with zero attached hydrogens (tertiary/aromatic N) is 2. The Morgan fingerprint density at radius 2 is 1.80 bits per heavy atom. The van der Waals surface area contributed by atoms with Crippen molar-refractivity contribution >= 4 is 22.9 Å². The van der Waals surface area contributed by atoms with Crippen LogP contribution in [0.2, 0.25) is 0 Å². The predicted octanol–water partition coefficient (Wildman–Crippen LogP) is 2.90. The number of benzene rings is 1. The lowest BCUT2D eigenvalue weighted by atomic mass is 10.0. The van der Waals surface area contributed by atoms with Gasteiger partial charge in [0.1, 0.15) is 0 Å². The SMILES string of the molecule is CC[N+]([O-])(CC)CCNc1ccc(/N=C2\C=C(C)C(=O)C=C2N)cc1. The van der Waals surface area contributed by atoms with Crippen molar-refractivity contribution in [2.45, 2.75) is 20.8 Å². The topological polar surface area (TPSA) is 90.5 Å². The van der Waals surface area contributed by atoms with Gasteiger partial charge in [-0.05, 0) is 56.7 Å². The average molecular weight is 342 g/mol. The molecule has 3 N–H and O–H groups in total. The number of ketones is 1. The smallest absolute Gasteiger partial charge is 0.183 e. The molecule has 0 bridgehead atoms. The molecule has 0 fully saturated rings. The molecule has 0 unspecified atom stereocenters. The minimum Gasteiger partial charge on any atom is -0.633 e. The first-order valence-electron chi connectivity index (χ1n) is 8.57. The largest absolute Gasteiger partial charge is 0.633 e. The van der Waals surface area contributed by atoms with E-state index >= 15 is 0 Å². The summed E-state index contributed by atoms with van der Waals surface area (Å²) in [6.45, 7) is 7.90. The number of rotatable bonds is 7. The molecule has 2 rings (SSSR count). The molecule has 0 spiro atoms. The van der Waals surface area contributed by atoms with Crippen LogP contribution in [0.5, 0.6) is 0 Å². The number of carbonyl (C=O) groups is 1. The van der Waals surface area contributed by atoms with Crippen LogP contribution in [0.15, 0.2) is 52.7 Å². The zero-order valence-corrected chi connectivity index (χ0v) is 15.1. The van der Waals surface area contributed by atoms with Crippen molar-refractivity contribution in [2.24, 2.45) is 10.7 Å². The van der Waals surface area contributed by atoms with Crippen LogP contribution in [0.25, 0.3) is 0 Å². The fraction of sp³-hybridized carbons (Fsp3) is 0.368. The number of likely N-dealkylation sites (N-methyl/N-ethyl adjacent to an activating group) is 1. The molecule has 0 saturated heterocycles. The van der Waals surface area contributed by atoms with Gasteiger partial charge in [0, 0.05) is 11.8 Å². The van der Waals surface area contributed by atoms with Crippen LogP contribution in [0.4, 0.5) is 11.4 Å². The fourth-order valence-electron chi connectivity index (χ4n) is 2.52. The second kappa shape index (κ2) is 8.09. The first-order chi connectivity index (χ1) is 11.9. The van der Waals surface area contributed by atoms with Crippen LogP contribution in [-0.4, -0.2) is 42.3 Å². The van der Waals surface area contributed by atoms with Crippen LogP contribution >= 0.6 is 0 Å². The molecule has 0 saturated carbocycles. The number of quaternary nitrogens is 1. The van der Waals surface area contributed by atoms with Crippen molar-refractivity contribution in [1.82, 2.24) is 0 Å². The van der Waals surface area contributed by atoms with E-state index in [1.807, 2.05) is 38.1 Å². The number of nitrogens with one attached hydrogen (secondary N) is 1. The molecule has 1 aromatic carbocycles. The predicted molar refractivity (Wildman–Crippen MR) is 103 cm³/mol. The van der Waals surface area contributed by atoms with Crippen molar-refractivity contribution in [3.05, 3.63) is 52.9 Å². The van der Waals surface area contributed by atoms with Crippen LogP contribution in [0, 0.1) is 5.21 Å². The van der Waals surface area contributed by atoms with E-state index in [0.29, 0.717) is 43.2 Å². The molecule has 0 radical (unpaired) electrons. The molecule has 0 heterocycles. The molecule has 6 heteroatoms. The summed E-state index contributed by atoms with van der Waals surface area (Å²) in [6, 6.07) is 7.59. The van der Waals surface area contributed by atoms with Gasteiger partial charge in [0.05, 0.1) is 43.3 Å². The van der Waals surface area contributed by atoms with Crippen LogP contribution in [0.1, 0.15) is 20.8 Å². The number of allylic oxidation sites excluding steroid dienone is 3. The van der Waals surface area contributed by atoms with Crippen LogP contribution in [-0.2, 0) is 4.79 Å². The summed E-state index contributed by atoms with van der Waals surface area (Å²) in [5, 5.41) is 15.5. The van der Waals surface area contributed by atoms with E-state index in [2.05, 4.69) is 10.3 Å². The molecule has 1 aliphatic carbocycles. The van der Waals surface area contributed by atoms with Gasteiger partial charge in [-0.3, -0.25) is 4.79 Å². The van der Waals surface area contributed by atoms with Gasteiger partial charge in [-0.2, -0.15) is 0 Å². The van der Waals surface area contributed by atoms with Crippen molar-refractivity contribution in [3.8, 4) is 0 Å². The molecule has 0 aromatic heterocycles. The Kier molecular flexibility index (Phi) is 6.12. The molecule has 6 nitrogen and oxygen atoms in total. The summed E-state index contributed by atoms with van der Waals surface area (Å²) in [6.07, 6.45) is 3.10. The highest BCUT2D eigenvalue weighted by Gasteiger charge is 2.13. The highest BCUT2D eigenvalue weighted by atomic mass is 16.5. The standard InChI is InChI=1S/C19H26N4O2/c1-4-23(25,5-2)11-10-21-15-6-8-16(9-7-15)22-18-12-14(3)19(24)13-17(18)20/h6-9,12-13,21H,4-5,10-11,20H2,1-3H3/b22-18+. The van der Waals surface area contributed by atoms with Crippen LogP contribution in [0.3, 0.4) is 0 Å². The van der Waals surface area contributed by atoms with Gasteiger partial charge >= 0.3 is 0 Å². The number of carbonyl (C=O) groups excluding carboxylic acids is 1. The summed E-state index contributed by atoms with van der Waals surface area (Å²) < 4.78 is -0.186. The number of anilines is 1. The van der Waals surface area contributed by atoms with Crippen molar-refractivity contribution in [2.75, 3.05) is 31.5 Å². The Morgan fingerprint density at radius 1 is 1.16 bits per heavy atom. The molecule has 0 atom stereocenters. The molecular formula is C19H26N4O2. The maximum Gasteiger partial charge on any atom is 0.183 e. The summed E-state index contributed by atoms with van der Waals surface area (Å²) in [5.41, 5.74) is 9.15. The second-order valence-corrected chi connectivity index (χ2v) is 6.18. The molecule has 1 aromatic rings. The van der Waals surface area contributed by atoms with Crippen LogP contribution < -0.4 is 11.1 Å². The highest BCUT2D eigenvalue weighted by Crippen LogP contribution is 2.19. The summed E-state index contributed by atoms with van der Waals surface area (Å²) >= 11 is 0. The third-order valence-electron chi connectivity index (χ3n) is 4.44. The van der Waals surface area contributed by atoms with E-state index in [1.165, 1.54) is 6.08 Å². The zero-order chi connectivity index (χ0) is 18.4. The monoisotopic (exact) mass is 342 g/mol. The molecular weight excluding hydrogens is 316 g/mol. The lowest BCUT2D eigenvalue weighted by Crippen LogP contribution is -2.44. The number of nitrogens with two attached hydrogens (primary N) is 1. The van der Waals surface area contributed by atoms with Gasteiger partial charge in [0.2, 0.25) is 0 Å². The maximum atomic E-state index is 12.2. The third-order valence-corrected chi connectivity index (χ3v) is 4.44. The quantitative estimate of drug-likeness (QED) is 0.453. The lowest BCUT2D eigenvalue weighted by Gasteiger charge is -2.41. The first-order valence-corrected chi connectivity index (χ1v) is 8.57. The van der Waals surface area contributed by atoms with Gasteiger partial charge in [-0.15, -0.1) is 0 Å². The van der Waals surface area contributed by atoms with Gasteiger partial charge in [0.15, 0.2) is 5.78 Å². The van der Waals surface area contributed by atoms with Crippen molar-refractivity contribution in [1.29, 1.82) is 0 Å². The van der Waals surface area contributed by atoms with E-state index in [9.17, 15) is 10.0 Å². The molecule has 134 valence electrons. The van der Waals surface area contributed by atoms with E-state index < -0.39 is 0 Å². The summed E-state index contributed by atoms with van der Waals surface area (Å²) in [5.74, 6) is -0.0805. The molecule has 25 heavy (non-hydrogen) atoms. The van der Waals surface area contributed by atoms with E-state index in [-0.39, 0.29) is 10.4 Å². The number of hydrogen-bond donors (Lipinski definition) is 2. The Bertz CT molecular complexity index is 713. The molecule has 0 amide bonds. The number of hydroxylamine groups is 3. The van der Waals surface area contributed by atoms with Crippen molar-refractivity contribution < 1.29 is 9.44 Å². The number of aliphatic imine (C=N–C) groups is 1. The normalized spacial score (nSPS) is 16.6. The highest BCUT2D eigenvalue weighted by molar-refractivity contribution is 6.21. The van der Waals surface area contributed by atoms with E-state index in [4.69, 9.17) is 5.73 Å². The summed E-state index contributed by atoms with van der Waals surface area (Å²) in [4.78, 5) is 16.0. The lowest BCUT2D eigenvalue weighted by molar-refractivity contribution is -0.875. The van der Waals surface area contributed by atoms with Gasteiger partial charge in [0.25, 0.3) is 0 Å². The maximum absolute atomic E-state index is 12.2. The average Bonchev–Trinajstić information content (AvgIpc) is 2.61. The molecule has 1 aliphatic rings. The summed E-state index contributed by atoms with van der Waals surface area (Å²) in [7, 11) is 0. The minimum absolute atomic E-state index is 0.0805. The fourth-order valence-corrected chi connectivity index (χ4v) is 2.52. The Hall–Kier alpha value is -2.44. The Labute approximate surface area is 148 Å². The Morgan fingerprint density at radius 3 is 2.40 bits per heavy atom. The zero-order valence-electron chi connectivity index (χ0n) is 15.1. The molecule has 0 aliphatic heterocycles. The number of hydrogen-bond acceptors (Lipinski definition) is 5. The second-order valence-electron chi connectivity index (χ2n) is 6.18. The minimum atomic E-state index is -0.186. The van der Waals surface area contributed by atoms with Crippen molar-refractivity contribution in [3.63, 3.8) is 0 Å². The van der Waals surface area contributed by atoms with E-state index in [0.717, 1.165) is 11.4 Å². The van der Waals surface area contributed by atoms with Gasteiger partial charge in [-0.25, -0.2) is 4.99 Å². The first kappa shape index (κ1) is 18.9.